The molecule has 1 heterocycles. The minimum atomic E-state index is -0.577. The summed E-state index contributed by atoms with van der Waals surface area (Å²) in [4.78, 5) is 11.6. The molecule has 0 saturated carbocycles. The minimum Gasteiger partial charge on any atom is -0.494 e. The summed E-state index contributed by atoms with van der Waals surface area (Å²) in [5, 5.41) is 0.981. The lowest BCUT2D eigenvalue weighted by Gasteiger charge is -2.16. The number of hydrazine groups is 1. The highest BCUT2D eigenvalue weighted by Gasteiger charge is 2.14. The first kappa shape index (κ1) is 20.5. The van der Waals surface area contributed by atoms with Gasteiger partial charge in [-0.1, -0.05) is 19.3 Å². The molecular formula is C19H30N2O5. The van der Waals surface area contributed by atoms with Crippen LogP contribution in [0, 0.1) is 0 Å². The van der Waals surface area contributed by atoms with Crippen molar-refractivity contribution in [2.45, 2.75) is 51.7 Å². The number of hydrogen-bond acceptors (Lipinski definition) is 6. The van der Waals surface area contributed by atoms with Gasteiger partial charge in [0.1, 0.15) is 5.75 Å². The van der Waals surface area contributed by atoms with Crippen LogP contribution >= 0.6 is 0 Å². The Morgan fingerprint density at radius 3 is 2.46 bits per heavy atom. The number of ether oxygens (including phenoxy) is 4. The summed E-state index contributed by atoms with van der Waals surface area (Å²) < 4.78 is 21.4. The fraction of sp³-hybridized carbons (Fsp3) is 0.632. The van der Waals surface area contributed by atoms with E-state index in [1.54, 1.807) is 31.2 Å². The van der Waals surface area contributed by atoms with Gasteiger partial charge in [0.05, 0.1) is 32.1 Å². The van der Waals surface area contributed by atoms with Crippen molar-refractivity contribution >= 4 is 11.8 Å². The van der Waals surface area contributed by atoms with Gasteiger partial charge in [0.15, 0.2) is 6.29 Å². The molecule has 146 valence electrons. The number of benzene rings is 1. The van der Waals surface area contributed by atoms with Crippen LogP contribution in [0.1, 0.15) is 45.4 Å². The zero-order chi connectivity index (χ0) is 18.6. The van der Waals surface area contributed by atoms with Crippen LogP contribution in [0.3, 0.4) is 0 Å². The molecule has 1 aromatic carbocycles. The lowest BCUT2D eigenvalue weighted by atomic mass is 10.1. The number of carbonyl (C=O) groups excluding carboxylic acids is 1. The van der Waals surface area contributed by atoms with Crippen molar-refractivity contribution < 1.29 is 23.7 Å². The molecule has 2 N–H and O–H groups in total. The third-order valence-electron chi connectivity index (χ3n) is 4.12. The average Bonchev–Trinajstić information content (AvgIpc) is 3.17. The lowest BCUT2D eigenvalue weighted by molar-refractivity contribution is -0.0480. The summed E-state index contributed by atoms with van der Waals surface area (Å²) in [5.41, 5.74) is 0.561. The molecule has 1 aromatic rings. The highest BCUT2D eigenvalue weighted by Crippen LogP contribution is 2.19. The Morgan fingerprint density at radius 1 is 1.12 bits per heavy atom. The number of nitrogens with zero attached hydrogens (tertiary/aromatic N) is 1. The zero-order valence-electron chi connectivity index (χ0n) is 15.5. The van der Waals surface area contributed by atoms with Gasteiger partial charge in [-0.05, 0) is 50.5 Å². The third-order valence-corrected chi connectivity index (χ3v) is 4.12. The maximum Gasteiger partial charge on any atom is 0.428 e. The zero-order valence-corrected chi connectivity index (χ0v) is 15.5. The first-order valence-electron chi connectivity index (χ1n) is 9.38. The van der Waals surface area contributed by atoms with Crippen molar-refractivity contribution in [2.24, 2.45) is 5.84 Å². The Morgan fingerprint density at radius 2 is 1.77 bits per heavy atom. The van der Waals surface area contributed by atoms with E-state index in [2.05, 4.69) is 0 Å². The topological polar surface area (TPSA) is 83.3 Å². The Hall–Kier alpha value is -1.83. The molecule has 1 amide bonds. The predicted molar refractivity (Wildman–Crippen MR) is 99.0 cm³/mol. The second-order valence-electron chi connectivity index (χ2n) is 6.14. The number of nitrogens with two attached hydrogens (primary N) is 1. The average molecular weight is 366 g/mol. The maximum atomic E-state index is 11.6. The van der Waals surface area contributed by atoms with E-state index in [-0.39, 0.29) is 12.9 Å². The van der Waals surface area contributed by atoms with Gasteiger partial charge in [-0.25, -0.2) is 15.6 Å². The molecule has 1 fully saturated rings. The van der Waals surface area contributed by atoms with Gasteiger partial charge < -0.3 is 18.9 Å². The summed E-state index contributed by atoms with van der Waals surface area (Å²) in [5.74, 6) is 6.46. The van der Waals surface area contributed by atoms with Crippen LogP contribution in [0.5, 0.6) is 5.75 Å². The molecule has 0 bridgehead atoms. The van der Waals surface area contributed by atoms with E-state index in [0.29, 0.717) is 12.3 Å². The first-order valence-corrected chi connectivity index (χ1v) is 9.38. The van der Waals surface area contributed by atoms with Crippen molar-refractivity contribution in [1.82, 2.24) is 0 Å². The van der Waals surface area contributed by atoms with Gasteiger partial charge >= 0.3 is 6.09 Å². The molecule has 0 spiro atoms. The molecule has 0 aromatic heterocycles. The van der Waals surface area contributed by atoms with Crippen LogP contribution < -0.4 is 15.6 Å². The van der Waals surface area contributed by atoms with Crippen LogP contribution in [0.15, 0.2) is 24.3 Å². The van der Waals surface area contributed by atoms with Crippen LogP contribution in [0.2, 0.25) is 0 Å². The quantitative estimate of drug-likeness (QED) is 0.279. The van der Waals surface area contributed by atoms with Crippen molar-refractivity contribution in [1.29, 1.82) is 0 Å². The largest absolute Gasteiger partial charge is 0.494 e. The molecule has 26 heavy (non-hydrogen) atoms. The van der Waals surface area contributed by atoms with Gasteiger partial charge in [0.2, 0.25) is 0 Å². The SMILES string of the molecule is CCOC(=O)N(N)c1ccc(OCCCCCCCC2OCCO2)cc1. The standard InChI is InChI=1S/C19H30N2O5/c1-2-23-19(22)21(20)16-9-11-17(12-10-16)24-13-7-5-3-4-6-8-18-25-14-15-26-18/h9-12,18H,2-8,13-15,20H2,1H3. The van der Waals surface area contributed by atoms with Crippen molar-refractivity contribution in [3.63, 3.8) is 0 Å². The monoisotopic (exact) mass is 366 g/mol. The fourth-order valence-electron chi connectivity index (χ4n) is 2.71. The number of rotatable bonds is 11. The molecule has 7 heteroatoms. The second kappa shape index (κ2) is 11.7. The van der Waals surface area contributed by atoms with E-state index < -0.39 is 6.09 Å². The molecule has 7 nitrogen and oxygen atoms in total. The molecule has 0 atom stereocenters. The lowest BCUT2D eigenvalue weighted by Crippen LogP contribution is -2.37. The molecule has 0 radical (unpaired) electrons. The Kier molecular flexibility index (Phi) is 9.23. The van der Waals surface area contributed by atoms with Gasteiger partial charge in [-0.3, -0.25) is 0 Å². The smallest absolute Gasteiger partial charge is 0.428 e. The molecule has 1 saturated heterocycles. The third kappa shape index (κ3) is 7.19. The summed E-state index contributed by atoms with van der Waals surface area (Å²) in [7, 11) is 0. The summed E-state index contributed by atoms with van der Waals surface area (Å²) in [6.07, 6.45) is 6.13. The second-order valence-corrected chi connectivity index (χ2v) is 6.14. The fourth-order valence-corrected chi connectivity index (χ4v) is 2.71. The Labute approximate surface area is 155 Å². The van der Waals surface area contributed by atoms with Gasteiger partial charge in [-0.2, -0.15) is 0 Å². The highest BCUT2D eigenvalue weighted by atomic mass is 16.7. The van der Waals surface area contributed by atoms with E-state index >= 15 is 0 Å². The van der Waals surface area contributed by atoms with Crippen LogP contribution in [0.25, 0.3) is 0 Å². The van der Waals surface area contributed by atoms with Crippen LogP contribution in [-0.2, 0) is 14.2 Å². The number of carbonyl (C=O) groups is 1. The normalized spacial score (nSPS) is 14.4. The Balaban J connectivity index is 1.53. The summed E-state index contributed by atoms with van der Waals surface area (Å²) in [6.45, 7) is 4.17. The van der Waals surface area contributed by atoms with Gasteiger partial charge in [0, 0.05) is 0 Å². The number of amides is 1. The van der Waals surface area contributed by atoms with Crippen molar-refractivity contribution in [2.75, 3.05) is 31.4 Å². The molecule has 2 rings (SSSR count). The predicted octanol–water partition coefficient (Wildman–Crippen LogP) is 3.62. The highest BCUT2D eigenvalue weighted by molar-refractivity contribution is 5.86. The van der Waals surface area contributed by atoms with E-state index in [4.69, 9.17) is 24.8 Å². The molecular weight excluding hydrogens is 336 g/mol. The van der Waals surface area contributed by atoms with E-state index in [1.807, 2.05) is 0 Å². The van der Waals surface area contributed by atoms with Gasteiger partial charge in [0.25, 0.3) is 0 Å². The van der Waals surface area contributed by atoms with Crippen LogP contribution in [0.4, 0.5) is 10.5 Å². The summed E-state index contributed by atoms with van der Waals surface area (Å²) >= 11 is 0. The van der Waals surface area contributed by atoms with E-state index in [9.17, 15) is 4.79 Å². The molecule has 0 aliphatic carbocycles. The summed E-state index contributed by atoms with van der Waals surface area (Å²) in [6, 6.07) is 7.07. The maximum absolute atomic E-state index is 11.6. The number of hydrogen-bond donors (Lipinski definition) is 1. The Bertz CT molecular complexity index is 517. The van der Waals surface area contributed by atoms with E-state index in [0.717, 1.165) is 49.7 Å². The number of unbranched alkanes of at least 4 members (excludes halogenated alkanes) is 4. The van der Waals surface area contributed by atoms with Crippen molar-refractivity contribution in [3.05, 3.63) is 24.3 Å². The van der Waals surface area contributed by atoms with Crippen LogP contribution in [-0.4, -0.2) is 38.8 Å². The molecule has 1 aliphatic heterocycles. The van der Waals surface area contributed by atoms with Gasteiger partial charge in [-0.15, -0.1) is 0 Å². The first-order chi connectivity index (χ1) is 12.7. The number of anilines is 1. The van der Waals surface area contributed by atoms with E-state index in [1.165, 1.54) is 12.8 Å². The minimum absolute atomic E-state index is 0.0228. The molecule has 1 aliphatic rings. The molecule has 0 unspecified atom stereocenters. The van der Waals surface area contributed by atoms with Crippen molar-refractivity contribution in [3.8, 4) is 5.75 Å².